The fourth-order valence-electron chi connectivity index (χ4n) is 2.76. The third kappa shape index (κ3) is 4.75. The van der Waals surface area contributed by atoms with Gasteiger partial charge in [0.1, 0.15) is 5.60 Å². The minimum atomic E-state index is -0.206. The van der Waals surface area contributed by atoms with Gasteiger partial charge in [-0.3, -0.25) is 9.59 Å². The van der Waals surface area contributed by atoms with E-state index in [2.05, 4.69) is 0 Å². The topological polar surface area (TPSA) is 53.2 Å². The predicted octanol–water partition coefficient (Wildman–Crippen LogP) is 2.86. The van der Waals surface area contributed by atoms with E-state index in [-0.39, 0.29) is 17.4 Å². The molecule has 2 aliphatic rings. The molecule has 1 atom stereocenters. The molecule has 0 saturated carbocycles. The van der Waals surface area contributed by atoms with Crippen molar-refractivity contribution in [1.82, 2.24) is 9.80 Å². The summed E-state index contributed by atoms with van der Waals surface area (Å²) in [5.41, 5.74) is 0.594. The van der Waals surface area contributed by atoms with Crippen LogP contribution >= 0.6 is 23.2 Å². The zero-order valence-electron chi connectivity index (χ0n) is 14.0. The van der Waals surface area contributed by atoms with Crippen molar-refractivity contribution in [2.75, 3.05) is 32.8 Å². The normalized spacial score (nSPS) is 23.9. The van der Waals surface area contributed by atoms with Gasteiger partial charge in [0.05, 0.1) is 23.2 Å². The maximum Gasteiger partial charge on any atom is 0.246 e. The van der Waals surface area contributed by atoms with Crippen LogP contribution in [0.5, 0.6) is 0 Å². The quantitative estimate of drug-likeness (QED) is 0.594. The molecule has 0 aliphatic carbocycles. The second-order valence-electron chi connectivity index (χ2n) is 6.64. The van der Waals surface area contributed by atoms with Gasteiger partial charge in [-0.25, -0.2) is 0 Å². The first-order valence-electron chi connectivity index (χ1n) is 8.20. The molecule has 0 aromatic heterocycles. The van der Waals surface area contributed by atoms with Crippen molar-refractivity contribution in [3.05, 3.63) is 39.9 Å². The van der Waals surface area contributed by atoms with Crippen molar-refractivity contribution >= 4 is 41.1 Å². The van der Waals surface area contributed by atoms with E-state index < -0.39 is 0 Å². The first-order chi connectivity index (χ1) is 11.9. The summed E-state index contributed by atoms with van der Waals surface area (Å²) in [6, 6.07) is 5.19. The van der Waals surface area contributed by atoms with Gasteiger partial charge in [0.2, 0.25) is 11.8 Å². The van der Waals surface area contributed by atoms with Gasteiger partial charge < -0.3 is 14.5 Å². The Morgan fingerprint density at radius 3 is 2.72 bits per heavy atom. The minimum absolute atomic E-state index is 0.0699. The number of nitrogens with zero attached hydrogens (tertiary/aromatic N) is 2. The minimum Gasteiger partial charge on any atom is -0.368 e. The molecule has 1 aromatic carbocycles. The zero-order valence-corrected chi connectivity index (χ0v) is 15.5. The molecule has 2 saturated heterocycles. The van der Waals surface area contributed by atoms with Crippen molar-refractivity contribution in [1.29, 1.82) is 0 Å². The van der Waals surface area contributed by atoms with Crippen LogP contribution < -0.4 is 0 Å². The molecule has 0 radical (unpaired) electrons. The molecule has 1 aromatic rings. The number of epoxide rings is 1. The molecule has 3 rings (SSSR count). The van der Waals surface area contributed by atoms with E-state index in [1.54, 1.807) is 34.1 Å². The van der Waals surface area contributed by atoms with Crippen LogP contribution in [0.15, 0.2) is 24.3 Å². The van der Waals surface area contributed by atoms with Gasteiger partial charge in [0.25, 0.3) is 0 Å². The standard InChI is InChI=1S/C18H20Cl2N2O3/c1-18(12-25-18)11-22-9-8-21(7-6-17(22)24)16(23)5-3-13-2-4-14(19)15(20)10-13/h2-5,10H,6-9,11-12H2,1H3. The predicted molar refractivity (Wildman–Crippen MR) is 97.6 cm³/mol. The van der Waals surface area contributed by atoms with Crippen molar-refractivity contribution in [3.63, 3.8) is 0 Å². The molecule has 5 nitrogen and oxygen atoms in total. The average molecular weight is 383 g/mol. The van der Waals surface area contributed by atoms with Crippen LogP contribution in [0.25, 0.3) is 6.08 Å². The smallest absolute Gasteiger partial charge is 0.246 e. The molecule has 7 heteroatoms. The maximum atomic E-state index is 12.4. The SMILES string of the molecule is CC1(CN2CCN(C(=O)C=Cc3ccc(Cl)c(Cl)c3)CCC2=O)CO1. The Balaban J connectivity index is 1.59. The highest BCUT2D eigenvalue weighted by atomic mass is 35.5. The second-order valence-corrected chi connectivity index (χ2v) is 7.45. The number of halogens is 2. The molecule has 25 heavy (non-hydrogen) atoms. The van der Waals surface area contributed by atoms with Crippen LogP contribution in [0, 0.1) is 0 Å². The van der Waals surface area contributed by atoms with E-state index in [1.807, 2.05) is 6.92 Å². The Morgan fingerprint density at radius 1 is 1.28 bits per heavy atom. The first kappa shape index (κ1) is 18.2. The van der Waals surface area contributed by atoms with E-state index >= 15 is 0 Å². The summed E-state index contributed by atoms with van der Waals surface area (Å²) in [4.78, 5) is 28.1. The van der Waals surface area contributed by atoms with Crippen LogP contribution in [-0.4, -0.2) is 60.0 Å². The van der Waals surface area contributed by atoms with E-state index in [0.29, 0.717) is 49.3 Å². The first-order valence-corrected chi connectivity index (χ1v) is 8.96. The van der Waals surface area contributed by atoms with Gasteiger partial charge in [-0.2, -0.15) is 0 Å². The molecular weight excluding hydrogens is 363 g/mol. The summed E-state index contributed by atoms with van der Waals surface area (Å²) >= 11 is 11.9. The Kier molecular flexibility index (Phi) is 5.37. The highest BCUT2D eigenvalue weighted by molar-refractivity contribution is 6.42. The molecule has 2 fully saturated rings. The summed E-state index contributed by atoms with van der Waals surface area (Å²) in [6.45, 7) is 4.75. The number of benzene rings is 1. The number of carbonyl (C=O) groups is 2. The Morgan fingerprint density at radius 2 is 2.04 bits per heavy atom. The van der Waals surface area contributed by atoms with Gasteiger partial charge in [-0.15, -0.1) is 0 Å². The van der Waals surface area contributed by atoms with E-state index in [9.17, 15) is 9.59 Å². The largest absolute Gasteiger partial charge is 0.368 e. The maximum absolute atomic E-state index is 12.4. The molecule has 0 N–H and O–H groups in total. The molecule has 2 amide bonds. The molecule has 134 valence electrons. The lowest BCUT2D eigenvalue weighted by atomic mass is 10.2. The summed E-state index contributed by atoms with van der Waals surface area (Å²) in [5, 5.41) is 0.924. The van der Waals surface area contributed by atoms with Gasteiger partial charge in [-0.05, 0) is 30.7 Å². The van der Waals surface area contributed by atoms with Crippen LogP contribution in [-0.2, 0) is 14.3 Å². The third-order valence-electron chi connectivity index (χ3n) is 4.42. The Hall–Kier alpha value is -1.56. The molecule has 1 unspecified atom stereocenters. The van der Waals surface area contributed by atoms with Crippen molar-refractivity contribution < 1.29 is 14.3 Å². The number of hydrogen-bond acceptors (Lipinski definition) is 3. The lowest BCUT2D eigenvalue weighted by Gasteiger charge is -2.23. The van der Waals surface area contributed by atoms with Gasteiger partial charge in [0, 0.05) is 32.1 Å². The monoisotopic (exact) mass is 382 g/mol. The molecular formula is C18H20Cl2N2O3. The van der Waals surface area contributed by atoms with Crippen LogP contribution in [0.1, 0.15) is 18.9 Å². The summed E-state index contributed by atoms with van der Waals surface area (Å²) in [5.74, 6) is -0.0462. The average Bonchev–Trinajstić information content (AvgIpc) is 3.33. The Labute approximate surface area is 157 Å². The third-order valence-corrected chi connectivity index (χ3v) is 5.16. The molecule has 2 aliphatic heterocycles. The Bertz CT molecular complexity index is 716. The number of hydrogen-bond donors (Lipinski definition) is 0. The highest BCUT2D eigenvalue weighted by Crippen LogP contribution is 2.27. The van der Waals surface area contributed by atoms with E-state index in [1.165, 1.54) is 6.08 Å². The van der Waals surface area contributed by atoms with Gasteiger partial charge in [-0.1, -0.05) is 29.3 Å². The zero-order chi connectivity index (χ0) is 18.0. The van der Waals surface area contributed by atoms with Crippen molar-refractivity contribution in [3.8, 4) is 0 Å². The lowest BCUT2D eigenvalue weighted by molar-refractivity contribution is -0.131. The van der Waals surface area contributed by atoms with Crippen LogP contribution in [0.4, 0.5) is 0 Å². The van der Waals surface area contributed by atoms with Crippen molar-refractivity contribution in [2.24, 2.45) is 0 Å². The summed E-state index contributed by atoms with van der Waals surface area (Å²) in [7, 11) is 0. The highest BCUT2D eigenvalue weighted by Gasteiger charge is 2.42. The molecule has 2 heterocycles. The van der Waals surface area contributed by atoms with Gasteiger partial charge >= 0.3 is 0 Å². The van der Waals surface area contributed by atoms with E-state index in [0.717, 1.165) is 5.56 Å². The fourth-order valence-corrected chi connectivity index (χ4v) is 3.07. The van der Waals surface area contributed by atoms with E-state index in [4.69, 9.17) is 27.9 Å². The van der Waals surface area contributed by atoms with Crippen LogP contribution in [0.3, 0.4) is 0 Å². The lowest BCUT2D eigenvalue weighted by Crippen LogP contribution is -2.39. The molecule has 0 bridgehead atoms. The second kappa shape index (κ2) is 7.36. The fraction of sp³-hybridized carbons (Fsp3) is 0.444. The summed E-state index contributed by atoms with van der Waals surface area (Å²) < 4.78 is 5.36. The van der Waals surface area contributed by atoms with Crippen LogP contribution in [0.2, 0.25) is 10.0 Å². The number of ether oxygens (including phenoxy) is 1. The van der Waals surface area contributed by atoms with Gasteiger partial charge in [0.15, 0.2) is 0 Å². The van der Waals surface area contributed by atoms with Crippen molar-refractivity contribution in [2.45, 2.75) is 18.9 Å². The number of carbonyl (C=O) groups excluding carboxylic acids is 2. The summed E-state index contributed by atoms with van der Waals surface area (Å²) in [6.07, 6.45) is 3.54. The number of amides is 2. The number of rotatable bonds is 4. The molecule has 0 spiro atoms.